The Morgan fingerprint density at radius 3 is 2.35 bits per heavy atom. The van der Waals surface area contributed by atoms with E-state index in [1.54, 1.807) is 7.05 Å². The van der Waals surface area contributed by atoms with Gasteiger partial charge in [0.1, 0.15) is 6.04 Å². The Kier molecular flexibility index (Phi) is 6.88. The molecule has 7 nitrogen and oxygen atoms in total. The van der Waals surface area contributed by atoms with Crippen molar-refractivity contribution in [1.29, 1.82) is 0 Å². The Morgan fingerprint density at radius 1 is 1.29 bits per heavy atom. The summed E-state index contributed by atoms with van der Waals surface area (Å²) >= 11 is 0. The molecule has 0 fully saturated rings. The van der Waals surface area contributed by atoms with Gasteiger partial charge < -0.3 is 21.3 Å². The average Bonchev–Trinajstić information content (AvgIpc) is 2.33. The van der Waals surface area contributed by atoms with Gasteiger partial charge in [-0.25, -0.2) is 0 Å². The number of nitrogens with zero attached hydrogens (tertiary/aromatic N) is 1. The first-order valence-corrected chi connectivity index (χ1v) is 5.47. The maximum Gasteiger partial charge on any atom is 0.309 e. The summed E-state index contributed by atoms with van der Waals surface area (Å²) in [6.07, 6.45) is 0. The highest BCUT2D eigenvalue weighted by Crippen LogP contribution is 1.91. The maximum absolute atomic E-state index is 11.6. The fourth-order valence-corrected chi connectivity index (χ4v) is 1.08. The van der Waals surface area contributed by atoms with Gasteiger partial charge in [0.2, 0.25) is 5.91 Å². The molecule has 3 amide bonds. The molecular formula is C10H20N4O3. The first-order valence-electron chi connectivity index (χ1n) is 5.47. The predicted octanol–water partition coefficient (Wildman–Crippen LogP) is -1.96. The molecule has 0 aromatic rings. The third kappa shape index (κ3) is 5.30. The van der Waals surface area contributed by atoms with E-state index in [0.717, 1.165) is 0 Å². The number of nitrogens with two attached hydrogens (primary N) is 1. The van der Waals surface area contributed by atoms with Crippen LogP contribution in [0.4, 0.5) is 0 Å². The molecule has 0 bridgehead atoms. The predicted molar refractivity (Wildman–Crippen MR) is 63.0 cm³/mol. The van der Waals surface area contributed by atoms with Gasteiger partial charge in [0.25, 0.3) is 0 Å². The molecule has 0 saturated heterocycles. The van der Waals surface area contributed by atoms with Crippen LogP contribution in [0, 0.1) is 0 Å². The molecule has 0 aromatic carbocycles. The van der Waals surface area contributed by atoms with Crippen LogP contribution in [0.25, 0.3) is 0 Å². The van der Waals surface area contributed by atoms with Crippen LogP contribution in [0.3, 0.4) is 0 Å². The number of hydrogen-bond donors (Lipinski definition) is 3. The Balaban J connectivity index is 4.20. The number of carbonyl (C=O) groups is 3. The van der Waals surface area contributed by atoms with Gasteiger partial charge in [-0.05, 0) is 13.8 Å². The molecule has 0 aromatic heterocycles. The van der Waals surface area contributed by atoms with Crippen LogP contribution in [0.2, 0.25) is 0 Å². The quantitative estimate of drug-likeness (QED) is 0.489. The van der Waals surface area contributed by atoms with E-state index >= 15 is 0 Å². The van der Waals surface area contributed by atoms with Gasteiger partial charge in [-0.3, -0.25) is 14.4 Å². The van der Waals surface area contributed by atoms with Crippen LogP contribution < -0.4 is 16.4 Å². The van der Waals surface area contributed by atoms with E-state index in [2.05, 4.69) is 10.6 Å². The van der Waals surface area contributed by atoms with E-state index in [9.17, 15) is 14.4 Å². The van der Waals surface area contributed by atoms with E-state index in [0.29, 0.717) is 6.54 Å². The average molecular weight is 244 g/mol. The molecular weight excluding hydrogens is 224 g/mol. The van der Waals surface area contributed by atoms with Crippen molar-refractivity contribution >= 4 is 17.7 Å². The van der Waals surface area contributed by atoms with Crippen molar-refractivity contribution in [3.63, 3.8) is 0 Å². The molecule has 0 aliphatic rings. The van der Waals surface area contributed by atoms with Crippen LogP contribution in [0.5, 0.6) is 0 Å². The minimum Gasteiger partial charge on any atom is -0.347 e. The highest BCUT2D eigenvalue weighted by Gasteiger charge is 2.21. The van der Waals surface area contributed by atoms with Gasteiger partial charge in [0.05, 0.1) is 0 Å². The molecule has 0 radical (unpaired) electrons. The molecule has 0 spiro atoms. The largest absolute Gasteiger partial charge is 0.347 e. The Morgan fingerprint density at radius 2 is 1.88 bits per heavy atom. The van der Waals surface area contributed by atoms with Gasteiger partial charge in [-0.15, -0.1) is 0 Å². The molecule has 1 unspecified atom stereocenters. The molecule has 17 heavy (non-hydrogen) atoms. The van der Waals surface area contributed by atoms with Crippen LogP contribution in [-0.2, 0) is 14.4 Å². The lowest BCUT2D eigenvalue weighted by Crippen LogP contribution is -2.50. The van der Waals surface area contributed by atoms with E-state index in [1.165, 1.54) is 11.8 Å². The highest BCUT2D eigenvalue weighted by molar-refractivity contribution is 6.35. The van der Waals surface area contributed by atoms with E-state index in [1.807, 2.05) is 6.92 Å². The summed E-state index contributed by atoms with van der Waals surface area (Å²) in [6, 6.07) is -0.726. The van der Waals surface area contributed by atoms with Gasteiger partial charge in [-0.2, -0.15) is 0 Å². The molecule has 0 heterocycles. The van der Waals surface area contributed by atoms with Crippen molar-refractivity contribution in [3.8, 4) is 0 Å². The molecule has 7 heteroatoms. The smallest absolute Gasteiger partial charge is 0.309 e. The van der Waals surface area contributed by atoms with Crippen molar-refractivity contribution in [3.05, 3.63) is 0 Å². The molecule has 1 atom stereocenters. The van der Waals surface area contributed by atoms with Gasteiger partial charge in [0.15, 0.2) is 0 Å². The van der Waals surface area contributed by atoms with E-state index in [-0.39, 0.29) is 19.0 Å². The first kappa shape index (κ1) is 15.4. The van der Waals surface area contributed by atoms with Crippen LogP contribution >= 0.6 is 0 Å². The van der Waals surface area contributed by atoms with Gasteiger partial charge in [-0.1, -0.05) is 0 Å². The fraction of sp³-hybridized carbons (Fsp3) is 0.700. The van der Waals surface area contributed by atoms with Crippen molar-refractivity contribution < 1.29 is 14.4 Å². The summed E-state index contributed by atoms with van der Waals surface area (Å²) in [7, 11) is 1.62. The SMILES string of the molecule is CCN(C)C(=O)C(C)NC(=O)C(=O)NCCN. The summed E-state index contributed by atoms with van der Waals surface area (Å²) in [5.74, 6) is -1.86. The third-order valence-corrected chi connectivity index (χ3v) is 2.20. The Labute approximate surface area is 101 Å². The fourth-order valence-electron chi connectivity index (χ4n) is 1.08. The zero-order valence-corrected chi connectivity index (χ0v) is 10.4. The summed E-state index contributed by atoms with van der Waals surface area (Å²) in [5.41, 5.74) is 5.18. The monoisotopic (exact) mass is 244 g/mol. The molecule has 0 rings (SSSR count). The normalized spacial score (nSPS) is 11.5. The number of likely N-dealkylation sites (N-methyl/N-ethyl adjacent to an activating group) is 1. The Hall–Kier alpha value is -1.63. The molecule has 0 saturated carbocycles. The number of carbonyl (C=O) groups excluding carboxylic acids is 3. The summed E-state index contributed by atoms with van der Waals surface area (Å²) in [4.78, 5) is 35.6. The second-order valence-electron chi connectivity index (χ2n) is 3.59. The number of rotatable bonds is 5. The summed E-state index contributed by atoms with van der Waals surface area (Å²) < 4.78 is 0. The van der Waals surface area contributed by atoms with E-state index in [4.69, 9.17) is 5.73 Å². The summed E-state index contributed by atoms with van der Waals surface area (Å²) in [5, 5.41) is 4.64. The van der Waals surface area contributed by atoms with Gasteiger partial charge in [0, 0.05) is 26.7 Å². The molecule has 98 valence electrons. The second-order valence-corrected chi connectivity index (χ2v) is 3.59. The zero-order valence-electron chi connectivity index (χ0n) is 10.4. The summed E-state index contributed by atoms with van der Waals surface area (Å²) in [6.45, 7) is 4.37. The maximum atomic E-state index is 11.6. The lowest BCUT2D eigenvalue weighted by atomic mass is 10.3. The van der Waals surface area contributed by atoms with E-state index < -0.39 is 17.9 Å². The lowest BCUT2D eigenvalue weighted by Gasteiger charge is -2.20. The minimum absolute atomic E-state index is 0.226. The Bertz CT molecular complexity index is 293. The van der Waals surface area contributed by atoms with Crippen LogP contribution in [0.15, 0.2) is 0 Å². The number of amides is 3. The van der Waals surface area contributed by atoms with Crippen LogP contribution in [-0.4, -0.2) is 55.3 Å². The van der Waals surface area contributed by atoms with Crippen molar-refractivity contribution in [2.24, 2.45) is 5.73 Å². The molecule has 4 N–H and O–H groups in total. The second kappa shape index (κ2) is 7.61. The third-order valence-electron chi connectivity index (χ3n) is 2.20. The van der Waals surface area contributed by atoms with Crippen LogP contribution in [0.1, 0.15) is 13.8 Å². The topological polar surface area (TPSA) is 105 Å². The minimum atomic E-state index is -0.830. The van der Waals surface area contributed by atoms with Crippen molar-refractivity contribution in [2.75, 3.05) is 26.7 Å². The first-order chi connectivity index (χ1) is 7.93. The number of hydrogen-bond acceptors (Lipinski definition) is 4. The van der Waals surface area contributed by atoms with Crippen molar-refractivity contribution in [1.82, 2.24) is 15.5 Å². The molecule has 0 aliphatic heterocycles. The lowest BCUT2D eigenvalue weighted by molar-refractivity contribution is -0.141. The molecule has 0 aliphatic carbocycles. The number of nitrogens with one attached hydrogen (secondary N) is 2. The van der Waals surface area contributed by atoms with Gasteiger partial charge >= 0.3 is 11.8 Å². The highest BCUT2D eigenvalue weighted by atomic mass is 16.2. The zero-order chi connectivity index (χ0) is 13.4. The standard InChI is InChI=1S/C10H20N4O3/c1-4-14(3)10(17)7(2)13-9(16)8(15)12-6-5-11/h7H,4-6,11H2,1-3H3,(H,12,15)(H,13,16). The van der Waals surface area contributed by atoms with Crippen molar-refractivity contribution in [2.45, 2.75) is 19.9 Å².